The van der Waals surface area contributed by atoms with Crippen molar-refractivity contribution in [3.63, 3.8) is 0 Å². The van der Waals surface area contributed by atoms with Gasteiger partial charge in [-0.25, -0.2) is 0 Å². The van der Waals surface area contributed by atoms with E-state index in [1.165, 1.54) is 57.8 Å². The Morgan fingerprint density at radius 3 is 2.00 bits per heavy atom. The van der Waals surface area contributed by atoms with Crippen molar-refractivity contribution in [1.29, 1.82) is 0 Å². The normalized spacial score (nSPS) is 35.0. The lowest BCUT2D eigenvalue weighted by molar-refractivity contribution is 0.0836. The molecule has 2 aliphatic rings. The second-order valence-electron chi connectivity index (χ2n) is 5.31. The number of aliphatic hydroxyl groups excluding tert-OH is 1. The van der Waals surface area contributed by atoms with Crippen molar-refractivity contribution >= 4 is 0 Å². The number of hydrogen-bond acceptors (Lipinski definition) is 2. The van der Waals surface area contributed by atoms with Crippen LogP contribution < -0.4 is 5.32 Å². The molecule has 0 aliphatic heterocycles. The summed E-state index contributed by atoms with van der Waals surface area (Å²) in [6.45, 7) is 0. The van der Waals surface area contributed by atoms with Gasteiger partial charge in [0.15, 0.2) is 0 Å². The van der Waals surface area contributed by atoms with E-state index < -0.39 is 0 Å². The molecule has 15 heavy (non-hydrogen) atoms. The minimum absolute atomic E-state index is 0.0815. The smallest absolute Gasteiger partial charge is 0.0693 e. The molecule has 0 spiro atoms. The Kier molecular flexibility index (Phi) is 4.45. The Morgan fingerprint density at radius 2 is 1.33 bits per heavy atom. The first kappa shape index (κ1) is 11.4. The van der Waals surface area contributed by atoms with E-state index in [4.69, 9.17) is 0 Å². The molecule has 0 aromatic rings. The molecule has 0 radical (unpaired) electrons. The van der Waals surface area contributed by atoms with Crippen LogP contribution in [0.1, 0.15) is 64.2 Å². The average molecular weight is 211 g/mol. The third-order valence-corrected chi connectivity index (χ3v) is 4.03. The molecule has 0 heterocycles. The van der Waals surface area contributed by atoms with Crippen LogP contribution >= 0.6 is 0 Å². The highest BCUT2D eigenvalue weighted by Crippen LogP contribution is 2.22. The number of hydrogen-bond donors (Lipinski definition) is 2. The number of nitrogens with one attached hydrogen (secondary N) is 1. The largest absolute Gasteiger partial charge is 0.392 e. The highest BCUT2D eigenvalue weighted by atomic mass is 16.3. The molecule has 2 nitrogen and oxygen atoms in total. The molecule has 0 aromatic heterocycles. The van der Waals surface area contributed by atoms with Crippen LogP contribution in [-0.4, -0.2) is 23.3 Å². The van der Waals surface area contributed by atoms with Crippen molar-refractivity contribution in [2.24, 2.45) is 0 Å². The molecule has 2 rings (SSSR count). The van der Waals surface area contributed by atoms with Gasteiger partial charge in [-0.05, 0) is 25.7 Å². The molecule has 88 valence electrons. The third-order valence-electron chi connectivity index (χ3n) is 4.03. The van der Waals surface area contributed by atoms with E-state index in [2.05, 4.69) is 5.32 Å². The van der Waals surface area contributed by atoms with E-state index >= 15 is 0 Å². The van der Waals surface area contributed by atoms with E-state index in [9.17, 15) is 5.11 Å². The summed E-state index contributed by atoms with van der Waals surface area (Å²) in [4.78, 5) is 0. The first-order valence-electron chi connectivity index (χ1n) is 6.80. The topological polar surface area (TPSA) is 32.3 Å². The lowest BCUT2D eigenvalue weighted by Gasteiger charge is -2.32. The molecule has 2 aliphatic carbocycles. The number of aliphatic hydroxyl groups is 1. The molecular weight excluding hydrogens is 186 g/mol. The van der Waals surface area contributed by atoms with Crippen molar-refractivity contribution in [2.45, 2.75) is 82.4 Å². The predicted octanol–water partition coefficient (Wildman–Crippen LogP) is 2.60. The van der Waals surface area contributed by atoms with Crippen molar-refractivity contribution in [3.8, 4) is 0 Å². The zero-order valence-corrected chi connectivity index (χ0v) is 9.75. The maximum absolute atomic E-state index is 9.91. The van der Waals surface area contributed by atoms with Gasteiger partial charge in [0.1, 0.15) is 0 Å². The average Bonchev–Trinajstić information content (AvgIpc) is 2.50. The second kappa shape index (κ2) is 5.86. The van der Waals surface area contributed by atoms with E-state index in [0.717, 1.165) is 6.42 Å². The zero-order valence-electron chi connectivity index (χ0n) is 9.75. The standard InChI is InChI=1S/C13H25NO/c15-13-10-6-5-9-12(13)14-11-7-3-1-2-4-8-11/h11-15H,1-10H2/t12-,13+/m1/s1. The quantitative estimate of drug-likeness (QED) is 0.688. The van der Waals surface area contributed by atoms with Gasteiger partial charge >= 0.3 is 0 Å². The Labute approximate surface area is 93.5 Å². The second-order valence-corrected chi connectivity index (χ2v) is 5.31. The minimum Gasteiger partial charge on any atom is -0.392 e. The monoisotopic (exact) mass is 211 g/mol. The maximum atomic E-state index is 9.91. The van der Waals surface area contributed by atoms with Crippen LogP contribution in [0.2, 0.25) is 0 Å². The summed E-state index contributed by atoms with van der Waals surface area (Å²) in [6, 6.07) is 1.08. The summed E-state index contributed by atoms with van der Waals surface area (Å²) in [5, 5.41) is 13.6. The maximum Gasteiger partial charge on any atom is 0.0693 e. The summed E-state index contributed by atoms with van der Waals surface area (Å²) >= 11 is 0. The van der Waals surface area contributed by atoms with Gasteiger partial charge in [0.25, 0.3) is 0 Å². The van der Waals surface area contributed by atoms with Crippen LogP contribution in [0.15, 0.2) is 0 Å². The fourth-order valence-electron chi connectivity index (χ4n) is 3.05. The van der Waals surface area contributed by atoms with Gasteiger partial charge in [-0.1, -0.05) is 38.5 Å². The fourth-order valence-corrected chi connectivity index (χ4v) is 3.05. The Balaban J connectivity index is 1.78. The van der Waals surface area contributed by atoms with Gasteiger partial charge in [-0.3, -0.25) is 0 Å². The van der Waals surface area contributed by atoms with Gasteiger partial charge in [0, 0.05) is 12.1 Å². The Morgan fingerprint density at radius 1 is 0.733 bits per heavy atom. The SMILES string of the molecule is O[C@H]1CCCC[C@H]1NC1CCCCCC1. The van der Waals surface area contributed by atoms with Gasteiger partial charge in [-0.15, -0.1) is 0 Å². The predicted molar refractivity (Wildman–Crippen MR) is 62.9 cm³/mol. The van der Waals surface area contributed by atoms with Crippen LogP contribution in [0.25, 0.3) is 0 Å². The summed E-state index contributed by atoms with van der Waals surface area (Å²) in [5.41, 5.74) is 0. The highest BCUT2D eigenvalue weighted by molar-refractivity contribution is 4.84. The summed E-state index contributed by atoms with van der Waals surface area (Å²) in [5.74, 6) is 0. The molecule has 0 saturated heterocycles. The van der Waals surface area contributed by atoms with E-state index in [0.29, 0.717) is 12.1 Å². The molecular formula is C13H25NO. The van der Waals surface area contributed by atoms with Crippen LogP contribution in [0, 0.1) is 0 Å². The fraction of sp³-hybridized carbons (Fsp3) is 1.00. The molecule has 0 aromatic carbocycles. The number of rotatable bonds is 2. The van der Waals surface area contributed by atoms with E-state index in [1.807, 2.05) is 0 Å². The van der Waals surface area contributed by atoms with E-state index in [-0.39, 0.29) is 6.10 Å². The Bertz CT molecular complexity index is 175. The minimum atomic E-state index is -0.0815. The molecule has 2 N–H and O–H groups in total. The molecule has 0 amide bonds. The van der Waals surface area contributed by atoms with Crippen LogP contribution in [0.5, 0.6) is 0 Å². The zero-order chi connectivity index (χ0) is 10.5. The van der Waals surface area contributed by atoms with Crippen LogP contribution in [0.3, 0.4) is 0 Å². The van der Waals surface area contributed by atoms with Gasteiger partial charge in [0.2, 0.25) is 0 Å². The van der Waals surface area contributed by atoms with Crippen LogP contribution in [0.4, 0.5) is 0 Å². The molecule has 2 heteroatoms. The Hall–Kier alpha value is -0.0800. The molecule has 2 saturated carbocycles. The lowest BCUT2D eigenvalue weighted by Crippen LogP contribution is -2.46. The lowest BCUT2D eigenvalue weighted by atomic mass is 9.91. The summed E-state index contributed by atoms with van der Waals surface area (Å²) < 4.78 is 0. The van der Waals surface area contributed by atoms with Crippen LogP contribution in [-0.2, 0) is 0 Å². The molecule has 0 bridgehead atoms. The van der Waals surface area contributed by atoms with Gasteiger partial charge in [0.05, 0.1) is 6.10 Å². The highest BCUT2D eigenvalue weighted by Gasteiger charge is 2.25. The van der Waals surface area contributed by atoms with Crippen molar-refractivity contribution < 1.29 is 5.11 Å². The van der Waals surface area contributed by atoms with Crippen molar-refractivity contribution in [3.05, 3.63) is 0 Å². The summed E-state index contributed by atoms with van der Waals surface area (Å²) in [6.07, 6.45) is 12.8. The third kappa shape index (κ3) is 3.46. The van der Waals surface area contributed by atoms with E-state index in [1.54, 1.807) is 0 Å². The first-order valence-corrected chi connectivity index (χ1v) is 6.80. The van der Waals surface area contributed by atoms with Gasteiger partial charge in [-0.2, -0.15) is 0 Å². The summed E-state index contributed by atoms with van der Waals surface area (Å²) in [7, 11) is 0. The molecule has 2 atom stereocenters. The van der Waals surface area contributed by atoms with Crippen molar-refractivity contribution in [1.82, 2.24) is 5.32 Å². The van der Waals surface area contributed by atoms with Gasteiger partial charge < -0.3 is 10.4 Å². The molecule has 0 unspecified atom stereocenters. The molecule has 2 fully saturated rings. The first-order chi connectivity index (χ1) is 7.36. The van der Waals surface area contributed by atoms with Crippen molar-refractivity contribution in [2.75, 3.05) is 0 Å².